The minimum atomic E-state index is -4.50. The van der Waals surface area contributed by atoms with Crippen LogP contribution in [0.3, 0.4) is 0 Å². The zero-order valence-electron chi connectivity index (χ0n) is 17.1. The van der Waals surface area contributed by atoms with Crippen LogP contribution < -0.4 is 14.4 Å². The van der Waals surface area contributed by atoms with Crippen molar-refractivity contribution in [2.75, 3.05) is 10.8 Å². The number of hydrogen-bond donors (Lipinski definition) is 1. The van der Waals surface area contributed by atoms with E-state index < -0.39 is 33.8 Å². The average Bonchev–Trinajstić information content (AvgIpc) is 2.82. The highest BCUT2D eigenvalue weighted by Crippen LogP contribution is 2.36. The van der Waals surface area contributed by atoms with Crippen molar-refractivity contribution >= 4 is 21.6 Å². The van der Waals surface area contributed by atoms with Gasteiger partial charge in [0.1, 0.15) is 5.75 Å². The van der Waals surface area contributed by atoms with Crippen molar-refractivity contribution in [3.8, 4) is 5.75 Å². The Labute approximate surface area is 188 Å². The number of nitrogens with one attached hydrogen (secondary N) is 1. The third kappa shape index (κ3) is 4.80. The SMILES string of the molecule is O=C(NCc1cccc(C(F)(F)F)c1)[C@H]1CN(S(=O)(=O)c2ccccc2)c2ccccc2O1. The first-order valence-electron chi connectivity index (χ1n) is 9.93. The second-order valence-electron chi connectivity index (χ2n) is 7.34. The van der Waals surface area contributed by atoms with E-state index in [2.05, 4.69) is 5.32 Å². The molecule has 0 bridgehead atoms. The Balaban J connectivity index is 1.55. The molecule has 1 aliphatic heterocycles. The molecule has 3 aromatic carbocycles. The lowest BCUT2D eigenvalue weighted by Crippen LogP contribution is -2.50. The van der Waals surface area contributed by atoms with Crippen LogP contribution in [-0.2, 0) is 27.5 Å². The first-order valence-corrected chi connectivity index (χ1v) is 11.4. The fourth-order valence-corrected chi connectivity index (χ4v) is 4.94. The number of alkyl halides is 3. The van der Waals surface area contributed by atoms with Crippen molar-refractivity contribution < 1.29 is 31.1 Å². The van der Waals surface area contributed by atoms with E-state index in [0.29, 0.717) is 5.69 Å². The summed E-state index contributed by atoms with van der Waals surface area (Å²) >= 11 is 0. The number of fused-ring (bicyclic) bond motifs is 1. The first kappa shape index (κ1) is 22.7. The van der Waals surface area contributed by atoms with Gasteiger partial charge in [-0.25, -0.2) is 8.42 Å². The lowest BCUT2D eigenvalue weighted by atomic mass is 10.1. The number of para-hydroxylation sites is 2. The summed E-state index contributed by atoms with van der Waals surface area (Å²) in [6, 6.07) is 18.8. The first-order chi connectivity index (χ1) is 15.7. The van der Waals surface area contributed by atoms with E-state index in [1.165, 1.54) is 24.3 Å². The maximum absolute atomic E-state index is 13.3. The monoisotopic (exact) mass is 476 g/mol. The molecule has 1 heterocycles. The van der Waals surface area contributed by atoms with Gasteiger partial charge in [-0.15, -0.1) is 0 Å². The summed E-state index contributed by atoms with van der Waals surface area (Å²) in [5.41, 5.74) is -0.274. The smallest absolute Gasteiger partial charge is 0.416 e. The van der Waals surface area contributed by atoms with Crippen molar-refractivity contribution in [1.29, 1.82) is 0 Å². The van der Waals surface area contributed by atoms with Crippen LogP contribution >= 0.6 is 0 Å². The molecule has 3 aromatic rings. The number of carbonyl (C=O) groups excluding carboxylic acids is 1. The van der Waals surface area contributed by atoms with E-state index in [-0.39, 0.29) is 29.3 Å². The molecule has 0 unspecified atom stereocenters. The van der Waals surface area contributed by atoms with Gasteiger partial charge in [-0.2, -0.15) is 13.2 Å². The Kier molecular flexibility index (Phi) is 6.03. The highest BCUT2D eigenvalue weighted by Gasteiger charge is 2.37. The van der Waals surface area contributed by atoms with Gasteiger partial charge in [0.15, 0.2) is 6.10 Å². The number of rotatable bonds is 5. The minimum absolute atomic E-state index is 0.0600. The van der Waals surface area contributed by atoms with E-state index in [9.17, 15) is 26.4 Å². The molecule has 1 amide bonds. The average molecular weight is 476 g/mol. The summed E-state index contributed by atoms with van der Waals surface area (Å²) in [7, 11) is -3.98. The van der Waals surface area contributed by atoms with E-state index in [1.54, 1.807) is 42.5 Å². The summed E-state index contributed by atoms with van der Waals surface area (Å²) in [4.78, 5) is 12.9. The largest absolute Gasteiger partial charge is 0.476 e. The molecule has 0 saturated heterocycles. The molecule has 10 heteroatoms. The summed E-state index contributed by atoms with van der Waals surface area (Å²) in [6.45, 7) is -0.460. The molecule has 0 aliphatic carbocycles. The Bertz CT molecular complexity index is 1260. The molecular weight excluding hydrogens is 457 g/mol. The lowest BCUT2D eigenvalue weighted by molar-refractivity contribution is -0.137. The lowest BCUT2D eigenvalue weighted by Gasteiger charge is -2.34. The van der Waals surface area contributed by atoms with Crippen LogP contribution in [0.5, 0.6) is 5.75 Å². The van der Waals surface area contributed by atoms with Crippen LogP contribution in [0.1, 0.15) is 11.1 Å². The molecule has 172 valence electrons. The van der Waals surface area contributed by atoms with Crippen LogP contribution in [0.2, 0.25) is 0 Å². The van der Waals surface area contributed by atoms with E-state index in [1.807, 2.05) is 0 Å². The molecule has 33 heavy (non-hydrogen) atoms. The van der Waals surface area contributed by atoms with Crippen molar-refractivity contribution in [3.63, 3.8) is 0 Å². The van der Waals surface area contributed by atoms with Crippen molar-refractivity contribution in [2.45, 2.75) is 23.7 Å². The number of halogens is 3. The molecule has 0 spiro atoms. The molecule has 0 fully saturated rings. The van der Waals surface area contributed by atoms with E-state index in [4.69, 9.17) is 4.74 Å². The normalized spacial score (nSPS) is 16.0. The van der Waals surface area contributed by atoms with Gasteiger partial charge in [-0.1, -0.05) is 42.5 Å². The second-order valence-corrected chi connectivity index (χ2v) is 9.20. The molecule has 0 aromatic heterocycles. The predicted molar refractivity (Wildman–Crippen MR) is 115 cm³/mol. The van der Waals surface area contributed by atoms with Crippen molar-refractivity contribution in [3.05, 3.63) is 90.0 Å². The van der Waals surface area contributed by atoms with Gasteiger partial charge in [0.2, 0.25) is 0 Å². The van der Waals surface area contributed by atoms with Gasteiger partial charge in [0, 0.05) is 6.54 Å². The maximum atomic E-state index is 13.3. The Morgan fingerprint density at radius 2 is 1.70 bits per heavy atom. The third-order valence-corrected chi connectivity index (χ3v) is 6.87. The summed E-state index contributed by atoms with van der Waals surface area (Å²) in [6.07, 6.45) is -5.69. The Hall–Kier alpha value is -3.53. The maximum Gasteiger partial charge on any atom is 0.416 e. The number of nitrogens with zero attached hydrogens (tertiary/aromatic N) is 1. The van der Waals surface area contributed by atoms with Crippen LogP contribution in [0.15, 0.2) is 83.8 Å². The van der Waals surface area contributed by atoms with Gasteiger partial charge in [0.25, 0.3) is 15.9 Å². The number of anilines is 1. The van der Waals surface area contributed by atoms with Crippen molar-refractivity contribution in [2.24, 2.45) is 0 Å². The van der Waals surface area contributed by atoms with Gasteiger partial charge >= 0.3 is 6.18 Å². The molecule has 1 atom stereocenters. The van der Waals surface area contributed by atoms with Crippen molar-refractivity contribution in [1.82, 2.24) is 5.32 Å². The molecule has 1 N–H and O–H groups in total. The summed E-state index contributed by atoms with van der Waals surface area (Å²) < 4.78 is 72.1. The molecule has 1 aliphatic rings. The summed E-state index contributed by atoms with van der Waals surface area (Å²) in [5, 5.41) is 2.54. The predicted octanol–water partition coefficient (Wildman–Crippen LogP) is 3.98. The van der Waals surface area contributed by atoms with Crippen LogP contribution in [0, 0.1) is 0 Å². The minimum Gasteiger partial charge on any atom is -0.476 e. The second kappa shape index (κ2) is 8.78. The molecular formula is C23H19F3N2O4S. The molecule has 0 radical (unpaired) electrons. The van der Waals surface area contributed by atoms with Crippen LogP contribution in [0.4, 0.5) is 18.9 Å². The van der Waals surface area contributed by atoms with Gasteiger partial charge in [-0.05, 0) is 42.0 Å². The number of sulfonamides is 1. The molecule has 4 rings (SSSR count). The van der Waals surface area contributed by atoms with E-state index in [0.717, 1.165) is 16.4 Å². The highest BCUT2D eigenvalue weighted by atomic mass is 32.2. The molecule has 6 nitrogen and oxygen atoms in total. The van der Waals surface area contributed by atoms with Gasteiger partial charge < -0.3 is 10.1 Å². The van der Waals surface area contributed by atoms with Gasteiger partial charge in [-0.3, -0.25) is 9.10 Å². The van der Waals surface area contributed by atoms with Crippen LogP contribution in [0.25, 0.3) is 0 Å². The fourth-order valence-electron chi connectivity index (χ4n) is 3.45. The highest BCUT2D eigenvalue weighted by molar-refractivity contribution is 7.92. The standard InChI is InChI=1S/C23H19F3N2O4S/c24-23(25,26)17-8-6-7-16(13-17)14-27-22(29)21-15-28(19-11-4-5-12-20(19)32-21)33(30,31)18-9-2-1-3-10-18/h1-13,21H,14-15H2,(H,27,29)/t21-/m1/s1. The fraction of sp³-hybridized carbons (Fsp3) is 0.174. The number of hydrogen-bond acceptors (Lipinski definition) is 4. The topological polar surface area (TPSA) is 75.7 Å². The number of carbonyl (C=O) groups is 1. The van der Waals surface area contributed by atoms with Gasteiger partial charge in [0.05, 0.1) is 22.7 Å². The number of benzene rings is 3. The van der Waals surface area contributed by atoms with Crippen LogP contribution in [-0.4, -0.2) is 27.0 Å². The number of ether oxygens (including phenoxy) is 1. The Morgan fingerprint density at radius 3 is 2.42 bits per heavy atom. The summed E-state index contributed by atoms with van der Waals surface area (Å²) in [5.74, 6) is -0.433. The number of amides is 1. The third-order valence-electron chi connectivity index (χ3n) is 5.08. The quantitative estimate of drug-likeness (QED) is 0.605. The molecule has 0 saturated carbocycles. The zero-order valence-corrected chi connectivity index (χ0v) is 17.9. The van der Waals surface area contributed by atoms with E-state index >= 15 is 0 Å². The Morgan fingerprint density at radius 1 is 1.00 bits per heavy atom. The zero-order chi connectivity index (χ0) is 23.6.